The van der Waals surface area contributed by atoms with E-state index in [9.17, 15) is 9.59 Å². The number of imidazole rings is 1. The fourth-order valence-electron chi connectivity index (χ4n) is 2.88. The molecule has 27 heavy (non-hydrogen) atoms. The van der Waals surface area contributed by atoms with E-state index in [4.69, 9.17) is 4.74 Å². The number of ether oxygens (including phenoxy) is 1. The van der Waals surface area contributed by atoms with Gasteiger partial charge in [-0.3, -0.25) is 9.36 Å². The van der Waals surface area contributed by atoms with Crippen molar-refractivity contribution >= 4 is 23.8 Å². The number of hydrogen-bond donors (Lipinski definition) is 0. The molecular weight excluding hydrogens is 364 g/mol. The second-order valence-corrected chi connectivity index (χ2v) is 7.99. The maximum absolute atomic E-state index is 12.9. The lowest BCUT2D eigenvalue weighted by Gasteiger charge is -2.30. The van der Waals surface area contributed by atoms with Gasteiger partial charge in [-0.2, -0.15) is 0 Å². The van der Waals surface area contributed by atoms with Crippen molar-refractivity contribution in [1.29, 1.82) is 0 Å². The number of nitrogens with zero attached hydrogens (tertiary/aromatic N) is 4. The predicted molar refractivity (Wildman–Crippen MR) is 104 cm³/mol. The monoisotopic (exact) mass is 388 g/mol. The number of aromatic nitrogens is 2. The predicted octanol–water partition coefficient (Wildman–Crippen LogP) is 3.59. The molecule has 144 valence electrons. The standard InChI is InChI=1S/C19H24N4O3S/c1-19(2,3)26-18(25)23-12-5-11-22(23)16(24)14-6-8-15(9-7-14)21-13-10-20-17(21)27-4/h6-10,13H,5,11-12H2,1-4H3. The first-order chi connectivity index (χ1) is 12.8. The molecule has 0 bridgehead atoms. The first kappa shape index (κ1) is 19.3. The molecule has 0 saturated carbocycles. The number of thioether (sulfide) groups is 1. The van der Waals surface area contributed by atoms with Crippen LogP contribution in [0.1, 0.15) is 37.6 Å². The summed E-state index contributed by atoms with van der Waals surface area (Å²) in [6, 6.07) is 7.30. The summed E-state index contributed by atoms with van der Waals surface area (Å²) >= 11 is 1.55. The third-order valence-electron chi connectivity index (χ3n) is 4.05. The molecule has 0 radical (unpaired) electrons. The summed E-state index contributed by atoms with van der Waals surface area (Å²) in [6.07, 6.45) is 5.83. The van der Waals surface area contributed by atoms with Crippen LogP contribution in [0, 0.1) is 0 Å². The number of carbonyl (C=O) groups is 2. The highest BCUT2D eigenvalue weighted by atomic mass is 32.2. The van der Waals surface area contributed by atoms with Crippen LogP contribution in [0.5, 0.6) is 0 Å². The zero-order valence-corrected chi connectivity index (χ0v) is 16.8. The Kier molecular flexibility index (Phi) is 5.46. The van der Waals surface area contributed by atoms with Crippen LogP contribution < -0.4 is 0 Å². The number of hydrazine groups is 1. The summed E-state index contributed by atoms with van der Waals surface area (Å²) in [5.74, 6) is -0.208. The number of amides is 2. The Morgan fingerprint density at radius 1 is 1.11 bits per heavy atom. The molecule has 1 saturated heterocycles. The van der Waals surface area contributed by atoms with E-state index in [0.717, 1.165) is 17.3 Å². The third kappa shape index (κ3) is 4.27. The first-order valence-corrected chi connectivity index (χ1v) is 10.0. The molecule has 2 aromatic rings. The van der Waals surface area contributed by atoms with E-state index in [-0.39, 0.29) is 5.91 Å². The maximum Gasteiger partial charge on any atom is 0.429 e. The van der Waals surface area contributed by atoms with Gasteiger partial charge in [-0.05, 0) is 57.7 Å². The second-order valence-electron chi connectivity index (χ2n) is 7.22. The molecule has 0 aliphatic carbocycles. The maximum atomic E-state index is 12.9. The Morgan fingerprint density at radius 3 is 2.41 bits per heavy atom. The van der Waals surface area contributed by atoms with Gasteiger partial charge in [0.1, 0.15) is 5.60 Å². The summed E-state index contributed by atoms with van der Waals surface area (Å²) in [7, 11) is 0. The van der Waals surface area contributed by atoms with E-state index < -0.39 is 11.7 Å². The Hall–Kier alpha value is -2.48. The van der Waals surface area contributed by atoms with E-state index >= 15 is 0 Å². The second kappa shape index (κ2) is 7.64. The number of benzene rings is 1. The minimum atomic E-state index is -0.601. The first-order valence-electron chi connectivity index (χ1n) is 8.80. The molecule has 0 atom stereocenters. The van der Waals surface area contributed by atoms with Gasteiger partial charge in [-0.15, -0.1) is 0 Å². The summed E-state index contributed by atoms with van der Waals surface area (Å²) < 4.78 is 7.37. The van der Waals surface area contributed by atoms with E-state index in [1.54, 1.807) is 30.1 Å². The van der Waals surface area contributed by atoms with Crippen molar-refractivity contribution in [3.63, 3.8) is 0 Å². The van der Waals surface area contributed by atoms with Gasteiger partial charge < -0.3 is 4.74 Å². The van der Waals surface area contributed by atoms with Crippen LogP contribution in [-0.4, -0.2) is 56.5 Å². The highest BCUT2D eigenvalue weighted by molar-refractivity contribution is 7.98. The van der Waals surface area contributed by atoms with Gasteiger partial charge in [0.25, 0.3) is 5.91 Å². The van der Waals surface area contributed by atoms with Gasteiger partial charge in [0.15, 0.2) is 5.16 Å². The summed E-state index contributed by atoms with van der Waals surface area (Å²) in [6.45, 7) is 6.41. The van der Waals surface area contributed by atoms with Crippen molar-refractivity contribution in [2.75, 3.05) is 19.3 Å². The molecule has 1 aromatic heterocycles. The highest BCUT2D eigenvalue weighted by Crippen LogP contribution is 2.21. The van der Waals surface area contributed by atoms with Gasteiger partial charge in [0.05, 0.1) is 0 Å². The van der Waals surface area contributed by atoms with Gasteiger partial charge in [-0.1, -0.05) is 11.8 Å². The third-order valence-corrected chi connectivity index (χ3v) is 4.72. The van der Waals surface area contributed by atoms with E-state index in [0.29, 0.717) is 18.7 Å². The minimum absolute atomic E-state index is 0.208. The van der Waals surface area contributed by atoms with Crippen LogP contribution in [0.25, 0.3) is 5.69 Å². The topological polar surface area (TPSA) is 67.7 Å². The molecule has 3 rings (SSSR count). The molecule has 1 aliphatic heterocycles. The highest BCUT2D eigenvalue weighted by Gasteiger charge is 2.34. The number of carbonyl (C=O) groups excluding carboxylic acids is 2. The molecule has 2 amide bonds. The minimum Gasteiger partial charge on any atom is -0.442 e. The molecule has 2 heterocycles. The Morgan fingerprint density at radius 2 is 1.78 bits per heavy atom. The molecule has 7 nitrogen and oxygen atoms in total. The van der Waals surface area contributed by atoms with Crippen molar-refractivity contribution in [3.05, 3.63) is 42.2 Å². The van der Waals surface area contributed by atoms with Crippen molar-refractivity contribution < 1.29 is 14.3 Å². The van der Waals surface area contributed by atoms with Crippen LogP contribution in [-0.2, 0) is 4.74 Å². The van der Waals surface area contributed by atoms with Crippen LogP contribution >= 0.6 is 11.8 Å². The van der Waals surface area contributed by atoms with Gasteiger partial charge in [-0.25, -0.2) is 19.8 Å². The summed E-state index contributed by atoms with van der Waals surface area (Å²) in [5, 5.41) is 3.74. The molecule has 1 fully saturated rings. The average molecular weight is 388 g/mol. The van der Waals surface area contributed by atoms with Gasteiger partial charge in [0, 0.05) is 36.7 Å². The Labute approximate surface area is 163 Å². The summed E-state index contributed by atoms with van der Waals surface area (Å²) in [4.78, 5) is 29.6. The fourth-order valence-corrected chi connectivity index (χ4v) is 3.41. The average Bonchev–Trinajstić information content (AvgIpc) is 3.29. The number of rotatable bonds is 3. The van der Waals surface area contributed by atoms with Crippen molar-refractivity contribution in [2.24, 2.45) is 0 Å². The SMILES string of the molecule is CSc1nccn1-c1ccc(C(=O)N2CCCN2C(=O)OC(C)(C)C)cc1. The zero-order valence-electron chi connectivity index (χ0n) is 16.0. The van der Waals surface area contributed by atoms with Crippen LogP contribution in [0.2, 0.25) is 0 Å². The Bertz CT molecular complexity index is 826. The molecule has 8 heteroatoms. The van der Waals surface area contributed by atoms with E-state index in [1.165, 1.54) is 10.0 Å². The molecule has 0 N–H and O–H groups in total. The lowest BCUT2D eigenvalue weighted by atomic mass is 10.2. The molecule has 1 aromatic carbocycles. The van der Waals surface area contributed by atoms with Gasteiger partial charge in [0.2, 0.25) is 0 Å². The quantitative estimate of drug-likeness (QED) is 0.752. The van der Waals surface area contributed by atoms with Gasteiger partial charge >= 0.3 is 6.09 Å². The van der Waals surface area contributed by atoms with Crippen LogP contribution in [0.3, 0.4) is 0 Å². The van der Waals surface area contributed by atoms with E-state index in [2.05, 4.69) is 4.98 Å². The van der Waals surface area contributed by atoms with E-state index in [1.807, 2.05) is 49.9 Å². The summed E-state index contributed by atoms with van der Waals surface area (Å²) in [5.41, 5.74) is 0.856. The van der Waals surface area contributed by atoms with Crippen LogP contribution in [0.15, 0.2) is 41.8 Å². The lowest BCUT2D eigenvalue weighted by molar-refractivity contribution is -0.0193. The van der Waals surface area contributed by atoms with Crippen molar-refractivity contribution in [3.8, 4) is 5.69 Å². The van der Waals surface area contributed by atoms with Crippen molar-refractivity contribution in [2.45, 2.75) is 37.9 Å². The fraction of sp³-hybridized carbons (Fsp3) is 0.421. The molecule has 0 unspecified atom stereocenters. The number of hydrogen-bond acceptors (Lipinski definition) is 5. The largest absolute Gasteiger partial charge is 0.442 e. The zero-order chi connectivity index (χ0) is 19.6. The van der Waals surface area contributed by atoms with Crippen molar-refractivity contribution in [1.82, 2.24) is 19.6 Å². The lowest BCUT2D eigenvalue weighted by Crippen LogP contribution is -2.46. The molecule has 1 aliphatic rings. The molecular formula is C19H24N4O3S. The van der Waals surface area contributed by atoms with Crippen LogP contribution in [0.4, 0.5) is 4.79 Å². The molecule has 0 spiro atoms. The Balaban J connectivity index is 1.76. The normalized spacial score (nSPS) is 14.5. The smallest absolute Gasteiger partial charge is 0.429 e.